The minimum atomic E-state index is -1.05. The quantitative estimate of drug-likeness (QED) is 0.413. The molecule has 0 radical (unpaired) electrons. The molecule has 0 amide bonds. The van der Waals surface area contributed by atoms with Gasteiger partial charge in [0.25, 0.3) is 5.71 Å². The molecule has 4 aromatic rings. The van der Waals surface area contributed by atoms with E-state index in [2.05, 4.69) is 15.0 Å². The summed E-state index contributed by atoms with van der Waals surface area (Å²) < 4.78 is 30.2. The Bertz CT molecular complexity index is 1320. The largest absolute Gasteiger partial charge is 0.479 e. The molecule has 4 rings (SSSR count). The molecule has 164 valence electrons. The number of aromatic nitrogens is 3. The van der Waals surface area contributed by atoms with Crippen molar-refractivity contribution in [2.24, 2.45) is 0 Å². The molecule has 1 N–H and O–H groups in total. The van der Waals surface area contributed by atoms with Gasteiger partial charge in [0.1, 0.15) is 17.1 Å². The third-order valence-electron chi connectivity index (χ3n) is 4.57. The van der Waals surface area contributed by atoms with Crippen LogP contribution in [0.5, 0.6) is 17.5 Å². The van der Waals surface area contributed by atoms with Gasteiger partial charge < -0.3 is 19.0 Å². The summed E-state index contributed by atoms with van der Waals surface area (Å²) in [7, 11) is 0. The number of ether oxygens (including phenoxy) is 2. The molecule has 2 heterocycles. The van der Waals surface area contributed by atoms with Crippen LogP contribution in [0.25, 0.3) is 22.7 Å². The van der Waals surface area contributed by atoms with E-state index < -0.39 is 17.9 Å². The van der Waals surface area contributed by atoms with Crippen LogP contribution in [0.2, 0.25) is 5.02 Å². The Hall–Kier alpha value is -3.72. The number of oxazole rings is 1. The Kier molecular flexibility index (Phi) is 5.67. The van der Waals surface area contributed by atoms with Gasteiger partial charge in [0.15, 0.2) is 11.9 Å². The Morgan fingerprint density at radius 1 is 1.19 bits per heavy atom. The Morgan fingerprint density at radius 3 is 2.59 bits per heavy atom. The topological polar surface area (TPSA) is 108 Å². The number of carbonyl (C=O) groups is 1. The normalized spacial score (nSPS) is 12.0. The van der Waals surface area contributed by atoms with Gasteiger partial charge in [-0.15, -0.1) is 0 Å². The molecule has 0 saturated carbocycles. The number of aryl methyl sites for hydroxylation is 2. The summed E-state index contributed by atoms with van der Waals surface area (Å²) in [6, 6.07) is 7.18. The molecule has 1 atom stereocenters. The van der Waals surface area contributed by atoms with Crippen molar-refractivity contribution in [1.29, 1.82) is 0 Å². The number of aliphatic carboxylic acids is 1. The van der Waals surface area contributed by atoms with E-state index in [-0.39, 0.29) is 22.5 Å². The van der Waals surface area contributed by atoms with Crippen molar-refractivity contribution in [3.63, 3.8) is 0 Å². The van der Waals surface area contributed by atoms with Crippen molar-refractivity contribution in [1.82, 2.24) is 15.0 Å². The lowest BCUT2D eigenvalue weighted by molar-refractivity contribution is -0.144. The molecule has 0 fully saturated rings. The van der Waals surface area contributed by atoms with Crippen LogP contribution in [-0.2, 0) is 4.79 Å². The van der Waals surface area contributed by atoms with Crippen LogP contribution < -0.4 is 9.47 Å². The standard InChI is InChI=1S/C22H17ClFN3O5/c1-10-6-13(7-11(2)18(10)30-12(3)21(28)29)19-26-16-9-25-22(27-20(16)32-19)31-17-8-14(24)4-5-15(17)23/h4-9,12H,1-3H3,(H,28,29). The van der Waals surface area contributed by atoms with E-state index in [1.165, 1.54) is 25.3 Å². The fourth-order valence-electron chi connectivity index (χ4n) is 3.03. The van der Waals surface area contributed by atoms with Gasteiger partial charge in [-0.1, -0.05) is 11.6 Å². The van der Waals surface area contributed by atoms with Crippen LogP contribution in [0.4, 0.5) is 4.39 Å². The second-order valence-electron chi connectivity index (χ2n) is 7.08. The predicted molar refractivity (Wildman–Crippen MR) is 114 cm³/mol. The van der Waals surface area contributed by atoms with E-state index in [1.807, 2.05) is 0 Å². The van der Waals surface area contributed by atoms with E-state index in [4.69, 9.17) is 30.6 Å². The average Bonchev–Trinajstić information content (AvgIpc) is 3.16. The first kappa shape index (κ1) is 21.5. The number of benzene rings is 2. The molecule has 0 spiro atoms. The zero-order valence-corrected chi connectivity index (χ0v) is 18.0. The van der Waals surface area contributed by atoms with E-state index >= 15 is 0 Å². The van der Waals surface area contributed by atoms with Crippen molar-refractivity contribution < 1.29 is 28.2 Å². The highest BCUT2D eigenvalue weighted by atomic mass is 35.5. The maximum absolute atomic E-state index is 13.5. The highest BCUT2D eigenvalue weighted by molar-refractivity contribution is 6.32. The molecular weight excluding hydrogens is 441 g/mol. The number of carboxylic acids is 1. The summed E-state index contributed by atoms with van der Waals surface area (Å²) in [4.78, 5) is 23.7. The highest BCUT2D eigenvalue weighted by Gasteiger charge is 2.18. The van der Waals surface area contributed by atoms with Gasteiger partial charge in [-0.2, -0.15) is 4.98 Å². The SMILES string of the molecule is Cc1cc(-c2nc3cnc(Oc4cc(F)ccc4Cl)nc3o2)cc(C)c1OC(C)C(=O)O. The Balaban J connectivity index is 1.64. The summed E-state index contributed by atoms with van der Waals surface area (Å²) in [5.74, 6) is -0.712. The number of carboxylic acid groups (broad SMARTS) is 1. The molecule has 8 nitrogen and oxygen atoms in total. The Labute approximate surface area is 186 Å². The van der Waals surface area contributed by atoms with Crippen molar-refractivity contribution in [2.45, 2.75) is 26.9 Å². The third-order valence-corrected chi connectivity index (χ3v) is 4.89. The van der Waals surface area contributed by atoms with Crippen molar-refractivity contribution in [3.8, 4) is 29.0 Å². The molecule has 0 bridgehead atoms. The van der Waals surface area contributed by atoms with Crippen LogP contribution in [-0.4, -0.2) is 32.1 Å². The number of hydrogen-bond acceptors (Lipinski definition) is 7. The molecule has 0 aliphatic rings. The summed E-state index contributed by atoms with van der Waals surface area (Å²) in [5.41, 5.74) is 2.68. The lowest BCUT2D eigenvalue weighted by atomic mass is 10.1. The monoisotopic (exact) mass is 457 g/mol. The maximum atomic E-state index is 13.5. The first-order valence-corrected chi connectivity index (χ1v) is 9.86. The van der Waals surface area contributed by atoms with Gasteiger partial charge in [-0.3, -0.25) is 0 Å². The molecule has 0 aliphatic heterocycles. The van der Waals surface area contributed by atoms with Gasteiger partial charge in [0, 0.05) is 11.6 Å². The maximum Gasteiger partial charge on any atom is 0.344 e. The van der Waals surface area contributed by atoms with Crippen molar-refractivity contribution in [3.05, 3.63) is 58.5 Å². The molecular formula is C22H17ClFN3O5. The number of fused-ring (bicyclic) bond motifs is 1. The number of rotatable bonds is 6. The van der Waals surface area contributed by atoms with E-state index in [1.54, 1.807) is 26.0 Å². The zero-order chi connectivity index (χ0) is 23.0. The van der Waals surface area contributed by atoms with Crippen molar-refractivity contribution in [2.75, 3.05) is 0 Å². The van der Waals surface area contributed by atoms with Crippen molar-refractivity contribution >= 4 is 28.8 Å². The average molecular weight is 458 g/mol. The molecule has 2 aromatic heterocycles. The van der Waals surface area contributed by atoms with Gasteiger partial charge in [0.05, 0.1) is 11.2 Å². The van der Waals surface area contributed by atoms with Gasteiger partial charge in [0.2, 0.25) is 5.89 Å². The molecule has 0 saturated heterocycles. The van der Waals surface area contributed by atoms with Crippen LogP contribution >= 0.6 is 11.6 Å². The zero-order valence-electron chi connectivity index (χ0n) is 17.2. The molecule has 0 aliphatic carbocycles. The number of nitrogens with zero attached hydrogens (tertiary/aromatic N) is 3. The fraction of sp³-hybridized carbons (Fsp3) is 0.182. The molecule has 32 heavy (non-hydrogen) atoms. The second kappa shape index (κ2) is 8.43. The van der Waals surface area contributed by atoms with E-state index in [0.717, 1.165) is 17.2 Å². The summed E-state index contributed by atoms with van der Waals surface area (Å²) in [6.45, 7) is 5.07. The fourth-order valence-corrected chi connectivity index (χ4v) is 3.19. The van der Waals surface area contributed by atoms with Gasteiger partial charge in [-0.05, 0) is 56.2 Å². The van der Waals surface area contributed by atoms with E-state index in [0.29, 0.717) is 22.7 Å². The number of hydrogen-bond donors (Lipinski definition) is 1. The number of halogens is 2. The molecule has 10 heteroatoms. The second-order valence-corrected chi connectivity index (χ2v) is 7.48. The minimum absolute atomic E-state index is 0.0724. The summed E-state index contributed by atoms with van der Waals surface area (Å²) >= 11 is 6.01. The van der Waals surface area contributed by atoms with E-state index in [9.17, 15) is 9.18 Å². The first-order valence-electron chi connectivity index (χ1n) is 9.49. The highest BCUT2D eigenvalue weighted by Crippen LogP contribution is 2.33. The summed E-state index contributed by atoms with van der Waals surface area (Å²) in [5, 5.41) is 9.29. The van der Waals surface area contributed by atoms with Gasteiger partial charge in [-0.25, -0.2) is 19.2 Å². The lowest BCUT2D eigenvalue weighted by Gasteiger charge is -2.16. The predicted octanol–water partition coefficient (Wildman–Crippen LogP) is 5.34. The lowest BCUT2D eigenvalue weighted by Crippen LogP contribution is -2.23. The molecule has 2 aromatic carbocycles. The summed E-state index contributed by atoms with van der Waals surface area (Å²) in [6.07, 6.45) is 0.437. The van der Waals surface area contributed by atoms with Crippen LogP contribution in [0.3, 0.4) is 0 Å². The Morgan fingerprint density at radius 2 is 1.91 bits per heavy atom. The first-order chi connectivity index (χ1) is 15.2. The van der Waals surface area contributed by atoms with Crippen LogP contribution in [0, 0.1) is 19.7 Å². The molecule has 1 unspecified atom stereocenters. The van der Waals surface area contributed by atoms with Crippen LogP contribution in [0.1, 0.15) is 18.1 Å². The minimum Gasteiger partial charge on any atom is -0.479 e. The third kappa shape index (κ3) is 4.33. The van der Waals surface area contributed by atoms with Crippen LogP contribution in [0.15, 0.2) is 40.9 Å². The smallest absolute Gasteiger partial charge is 0.344 e. The van der Waals surface area contributed by atoms with Gasteiger partial charge >= 0.3 is 12.0 Å².